The summed E-state index contributed by atoms with van der Waals surface area (Å²) >= 11 is 0. The van der Waals surface area contributed by atoms with Gasteiger partial charge in [0.25, 0.3) is 5.91 Å². The Morgan fingerprint density at radius 3 is 2.78 bits per heavy atom. The minimum atomic E-state index is -0.266. The number of hydrogen-bond donors (Lipinski definition) is 1. The summed E-state index contributed by atoms with van der Waals surface area (Å²) in [5, 5.41) is 7.67. The first-order valence-corrected chi connectivity index (χ1v) is 8.21. The van der Waals surface area contributed by atoms with Crippen LogP contribution in [-0.2, 0) is 6.42 Å². The Labute approximate surface area is 136 Å². The molecule has 0 aromatic carbocycles. The third-order valence-electron chi connectivity index (χ3n) is 4.58. The van der Waals surface area contributed by atoms with E-state index in [4.69, 9.17) is 0 Å². The maximum atomic E-state index is 12.6. The zero-order valence-electron chi connectivity index (χ0n) is 14.1. The third kappa shape index (κ3) is 2.44. The Morgan fingerprint density at radius 2 is 2.13 bits per heavy atom. The van der Waals surface area contributed by atoms with Gasteiger partial charge in [-0.25, -0.2) is 9.67 Å². The van der Waals surface area contributed by atoms with Crippen LogP contribution in [0.4, 0.5) is 0 Å². The third-order valence-corrected chi connectivity index (χ3v) is 4.58. The molecule has 120 valence electrons. The summed E-state index contributed by atoms with van der Waals surface area (Å²) in [6.07, 6.45) is 4.03. The van der Waals surface area contributed by atoms with E-state index in [9.17, 15) is 4.79 Å². The highest BCUT2D eigenvalue weighted by molar-refractivity contribution is 5.95. The van der Waals surface area contributed by atoms with Crippen LogP contribution < -0.4 is 5.32 Å². The predicted octanol–water partition coefficient (Wildman–Crippen LogP) is 2.76. The Kier molecular flexibility index (Phi) is 2.92. The zero-order chi connectivity index (χ0) is 16.4. The van der Waals surface area contributed by atoms with E-state index >= 15 is 0 Å². The molecule has 2 aromatic rings. The summed E-state index contributed by atoms with van der Waals surface area (Å²) in [4.78, 5) is 17.1. The zero-order valence-corrected chi connectivity index (χ0v) is 14.1. The van der Waals surface area contributed by atoms with Crippen molar-refractivity contribution in [1.29, 1.82) is 0 Å². The van der Waals surface area contributed by atoms with Crippen molar-refractivity contribution in [3.8, 4) is 5.82 Å². The van der Waals surface area contributed by atoms with E-state index in [2.05, 4.69) is 15.4 Å². The highest BCUT2D eigenvalue weighted by Crippen LogP contribution is 2.57. The Morgan fingerprint density at radius 1 is 1.35 bits per heavy atom. The number of amides is 1. The summed E-state index contributed by atoms with van der Waals surface area (Å²) in [6, 6.07) is 4.01. The van der Waals surface area contributed by atoms with Gasteiger partial charge in [-0.3, -0.25) is 4.79 Å². The van der Waals surface area contributed by atoms with Gasteiger partial charge in [-0.15, -0.1) is 0 Å². The molecule has 2 atom stereocenters. The lowest BCUT2D eigenvalue weighted by atomic mass is 10.1. The van der Waals surface area contributed by atoms with Gasteiger partial charge in [-0.2, -0.15) is 5.10 Å². The Balaban J connectivity index is 1.78. The lowest BCUT2D eigenvalue weighted by molar-refractivity contribution is 0.0913. The molecule has 0 aliphatic heterocycles. The van der Waals surface area contributed by atoms with Gasteiger partial charge >= 0.3 is 0 Å². The predicted molar refractivity (Wildman–Crippen MR) is 87.9 cm³/mol. The molecule has 2 aliphatic carbocycles. The van der Waals surface area contributed by atoms with E-state index < -0.39 is 0 Å². The van der Waals surface area contributed by atoms with E-state index in [-0.39, 0.29) is 11.4 Å². The summed E-state index contributed by atoms with van der Waals surface area (Å²) in [6.45, 7) is 7.98. The molecule has 1 N–H and O–H groups in total. The van der Waals surface area contributed by atoms with Gasteiger partial charge in [-0.05, 0) is 58.1 Å². The molecule has 0 bridgehead atoms. The second-order valence-corrected chi connectivity index (χ2v) is 7.83. The average molecular weight is 310 g/mol. The summed E-state index contributed by atoms with van der Waals surface area (Å²) in [5.41, 5.74) is 3.75. The fraction of sp³-hybridized carbons (Fsp3) is 0.500. The molecule has 2 aromatic heterocycles. The fourth-order valence-electron chi connectivity index (χ4n) is 3.46. The molecule has 1 amide bonds. The number of nitrogens with one attached hydrogen (secondary N) is 1. The van der Waals surface area contributed by atoms with Crippen molar-refractivity contribution < 1.29 is 4.79 Å². The van der Waals surface area contributed by atoms with Crippen molar-refractivity contribution >= 4 is 5.91 Å². The molecule has 1 saturated carbocycles. The number of nitrogens with zero attached hydrogens (tertiary/aromatic N) is 3. The molecule has 2 heterocycles. The minimum Gasteiger partial charge on any atom is -0.346 e. The number of hydrogen-bond acceptors (Lipinski definition) is 3. The molecule has 2 aliphatic rings. The van der Waals surface area contributed by atoms with Crippen LogP contribution in [0.25, 0.3) is 5.82 Å². The number of aryl methyl sites for hydroxylation is 1. The number of fused-ring (bicyclic) bond motifs is 3. The molecule has 5 nitrogen and oxygen atoms in total. The van der Waals surface area contributed by atoms with E-state index in [1.165, 1.54) is 12.1 Å². The minimum absolute atomic E-state index is 0.0825. The molecule has 23 heavy (non-hydrogen) atoms. The Hall–Kier alpha value is -2.17. The molecule has 0 spiro atoms. The number of carbonyl (C=O) groups excluding carboxylic acids is 1. The van der Waals surface area contributed by atoms with Crippen LogP contribution in [0.2, 0.25) is 0 Å². The number of aromatic nitrogens is 3. The molecule has 4 rings (SSSR count). The van der Waals surface area contributed by atoms with Crippen LogP contribution in [0.5, 0.6) is 0 Å². The maximum absolute atomic E-state index is 12.6. The van der Waals surface area contributed by atoms with Crippen LogP contribution in [0.1, 0.15) is 60.4 Å². The van der Waals surface area contributed by atoms with Crippen molar-refractivity contribution in [2.45, 2.75) is 52.0 Å². The number of rotatable bonds is 2. The lowest BCUT2D eigenvalue weighted by Gasteiger charge is -2.19. The van der Waals surface area contributed by atoms with Crippen molar-refractivity contribution in [1.82, 2.24) is 20.1 Å². The van der Waals surface area contributed by atoms with Crippen molar-refractivity contribution in [2.75, 3.05) is 0 Å². The van der Waals surface area contributed by atoms with Gasteiger partial charge < -0.3 is 5.32 Å². The largest absolute Gasteiger partial charge is 0.346 e. The molecule has 1 fully saturated rings. The van der Waals surface area contributed by atoms with Gasteiger partial charge in [0.2, 0.25) is 0 Å². The lowest BCUT2D eigenvalue weighted by Crippen LogP contribution is -2.41. The van der Waals surface area contributed by atoms with E-state index in [0.717, 1.165) is 23.4 Å². The standard InChI is InChI=1S/C18H22N4O/c1-10-5-6-14(19-9-10)22-16-12-7-11(12)8-13(16)15(21-22)17(23)20-18(2,3)4/h5-6,9,11-12H,7-8H2,1-4H3,(H,20,23)/t11-,12-/m1/s1. The topological polar surface area (TPSA) is 59.8 Å². The van der Waals surface area contributed by atoms with Crippen molar-refractivity contribution in [3.63, 3.8) is 0 Å². The first-order valence-electron chi connectivity index (χ1n) is 8.21. The van der Waals surface area contributed by atoms with Gasteiger partial charge in [0, 0.05) is 23.2 Å². The molecule has 0 saturated heterocycles. The van der Waals surface area contributed by atoms with Crippen LogP contribution in [0, 0.1) is 12.8 Å². The van der Waals surface area contributed by atoms with Crippen molar-refractivity contribution in [3.05, 3.63) is 40.8 Å². The van der Waals surface area contributed by atoms with E-state index in [0.29, 0.717) is 17.5 Å². The summed E-state index contributed by atoms with van der Waals surface area (Å²) in [5.74, 6) is 1.97. The monoisotopic (exact) mass is 310 g/mol. The molecule has 0 unspecified atom stereocenters. The smallest absolute Gasteiger partial charge is 0.272 e. The first kappa shape index (κ1) is 14.4. The SMILES string of the molecule is Cc1ccc(-n2nc(C(=O)NC(C)(C)C)c3c2[C@@H]2C[C@@H]2C3)nc1. The normalized spacial score (nSPS) is 21.7. The van der Waals surface area contributed by atoms with Gasteiger partial charge in [0.05, 0.1) is 5.69 Å². The number of pyridine rings is 1. The van der Waals surface area contributed by atoms with E-state index in [1.54, 1.807) is 0 Å². The van der Waals surface area contributed by atoms with Crippen LogP contribution in [0.3, 0.4) is 0 Å². The molecule has 0 radical (unpaired) electrons. The van der Waals surface area contributed by atoms with Crippen LogP contribution in [0.15, 0.2) is 18.3 Å². The number of carbonyl (C=O) groups is 1. The molecular weight excluding hydrogens is 288 g/mol. The molecule has 5 heteroatoms. The highest BCUT2D eigenvalue weighted by atomic mass is 16.2. The van der Waals surface area contributed by atoms with Crippen LogP contribution in [-0.4, -0.2) is 26.2 Å². The second kappa shape index (κ2) is 4.66. The van der Waals surface area contributed by atoms with E-state index in [1.807, 2.05) is 50.7 Å². The molecular formula is C18H22N4O. The van der Waals surface area contributed by atoms with Crippen LogP contribution >= 0.6 is 0 Å². The highest BCUT2D eigenvalue weighted by Gasteiger charge is 2.50. The summed E-state index contributed by atoms with van der Waals surface area (Å²) < 4.78 is 1.89. The maximum Gasteiger partial charge on any atom is 0.272 e. The summed E-state index contributed by atoms with van der Waals surface area (Å²) in [7, 11) is 0. The average Bonchev–Trinajstić information content (AvgIpc) is 2.96. The second-order valence-electron chi connectivity index (χ2n) is 7.83. The Bertz CT molecular complexity index is 783. The van der Waals surface area contributed by atoms with Gasteiger partial charge in [0.1, 0.15) is 0 Å². The van der Waals surface area contributed by atoms with Crippen molar-refractivity contribution in [2.24, 2.45) is 5.92 Å². The first-order chi connectivity index (χ1) is 10.8. The fourth-order valence-corrected chi connectivity index (χ4v) is 3.46. The quantitative estimate of drug-likeness (QED) is 0.928. The van der Waals surface area contributed by atoms with Gasteiger partial charge in [-0.1, -0.05) is 6.07 Å². The van der Waals surface area contributed by atoms with Gasteiger partial charge in [0.15, 0.2) is 11.5 Å².